The van der Waals surface area contributed by atoms with Crippen molar-refractivity contribution in [3.8, 4) is 11.4 Å². The third-order valence-corrected chi connectivity index (χ3v) is 2.86. The zero-order chi connectivity index (χ0) is 11.1. The topological polar surface area (TPSA) is 74.5 Å². The summed E-state index contributed by atoms with van der Waals surface area (Å²) in [6.45, 7) is 0.968. The Morgan fingerprint density at radius 1 is 1.44 bits per heavy atom. The van der Waals surface area contributed by atoms with Crippen molar-refractivity contribution >= 4 is 5.82 Å². The Morgan fingerprint density at radius 2 is 2.25 bits per heavy atom. The Labute approximate surface area is 93.0 Å². The second kappa shape index (κ2) is 3.33. The average molecular weight is 218 g/mol. The first-order valence-electron chi connectivity index (χ1n) is 5.42. The van der Waals surface area contributed by atoms with Gasteiger partial charge in [-0.2, -0.15) is 5.10 Å². The summed E-state index contributed by atoms with van der Waals surface area (Å²) in [6.07, 6.45) is 4.55. The quantitative estimate of drug-likeness (QED) is 0.821. The van der Waals surface area contributed by atoms with Gasteiger partial charge in [-0.1, -0.05) is 5.21 Å². The lowest BCUT2D eigenvalue weighted by Crippen LogP contribution is -1.99. The highest BCUT2D eigenvalue weighted by Crippen LogP contribution is 2.30. The normalized spacial score (nSPS) is 15.6. The van der Waals surface area contributed by atoms with Crippen molar-refractivity contribution in [1.82, 2.24) is 24.8 Å². The van der Waals surface area contributed by atoms with Gasteiger partial charge >= 0.3 is 0 Å². The third-order valence-electron chi connectivity index (χ3n) is 2.86. The van der Waals surface area contributed by atoms with Gasteiger partial charge in [0.05, 0.1) is 6.20 Å². The predicted molar refractivity (Wildman–Crippen MR) is 59.4 cm³/mol. The molecular formula is C10H14N6. The molecule has 6 heteroatoms. The summed E-state index contributed by atoms with van der Waals surface area (Å²) in [5.74, 6) is 1.43. The average Bonchev–Trinajstić information content (AvgIpc) is 2.82. The van der Waals surface area contributed by atoms with E-state index in [0.717, 1.165) is 23.9 Å². The maximum absolute atomic E-state index is 5.72. The smallest absolute Gasteiger partial charge is 0.133 e. The number of aromatic nitrogens is 5. The van der Waals surface area contributed by atoms with Crippen LogP contribution in [0, 0.1) is 5.92 Å². The molecule has 3 rings (SSSR count). The molecule has 0 aliphatic heterocycles. The van der Waals surface area contributed by atoms with Gasteiger partial charge in [0, 0.05) is 19.7 Å². The lowest BCUT2D eigenvalue weighted by atomic mass is 10.3. The van der Waals surface area contributed by atoms with E-state index < -0.39 is 0 Å². The molecule has 0 bridgehead atoms. The first-order chi connectivity index (χ1) is 7.72. The van der Waals surface area contributed by atoms with E-state index >= 15 is 0 Å². The molecule has 2 heterocycles. The van der Waals surface area contributed by atoms with Crippen LogP contribution in [0.15, 0.2) is 12.3 Å². The molecular weight excluding hydrogens is 204 g/mol. The van der Waals surface area contributed by atoms with Crippen LogP contribution in [-0.2, 0) is 13.6 Å². The fourth-order valence-electron chi connectivity index (χ4n) is 1.68. The van der Waals surface area contributed by atoms with Gasteiger partial charge in [-0.05, 0) is 18.8 Å². The molecule has 0 amide bonds. The van der Waals surface area contributed by atoms with Crippen LogP contribution in [0.4, 0.5) is 5.82 Å². The van der Waals surface area contributed by atoms with Gasteiger partial charge in [0.2, 0.25) is 0 Å². The van der Waals surface area contributed by atoms with Gasteiger partial charge in [0.15, 0.2) is 0 Å². The molecule has 2 aromatic rings. The molecule has 0 saturated heterocycles. The molecule has 84 valence electrons. The molecule has 6 nitrogen and oxygen atoms in total. The highest BCUT2D eigenvalue weighted by Gasteiger charge is 2.22. The Balaban J connectivity index is 1.85. The zero-order valence-corrected chi connectivity index (χ0v) is 9.17. The minimum absolute atomic E-state index is 0.631. The van der Waals surface area contributed by atoms with Gasteiger partial charge in [0.1, 0.15) is 17.2 Å². The van der Waals surface area contributed by atoms with E-state index in [1.165, 1.54) is 12.8 Å². The molecule has 1 saturated carbocycles. The number of anilines is 1. The standard InChI is InChI=1S/C10H14N6/c1-15-10(11)4-8(13-15)9-6-16(14-12-9)5-7-2-3-7/h4,6-7H,2-3,5,11H2,1H3. The molecule has 2 N–H and O–H groups in total. The van der Waals surface area contributed by atoms with E-state index in [4.69, 9.17) is 5.73 Å². The number of nitrogen functional groups attached to an aromatic ring is 1. The van der Waals surface area contributed by atoms with Crippen LogP contribution in [0.3, 0.4) is 0 Å². The number of hydrogen-bond donors (Lipinski definition) is 1. The molecule has 0 unspecified atom stereocenters. The van der Waals surface area contributed by atoms with Crippen molar-refractivity contribution < 1.29 is 0 Å². The largest absolute Gasteiger partial charge is 0.384 e. The van der Waals surface area contributed by atoms with Gasteiger partial charge < -0.3 is 5.73 Å². The van der Waals surface area contributed by atoms with Gasteiger partial charge in [0.25, 0.3) is 0 Å². The van der Waals surface area contributed by atoms with Crippen molar-refractivity contribution in [2.75, 3.05) is 5.73 Å². The highest BCUT2D eigenvalue weighted by molar-refractivity contribution is 5.56. The molecule has 1 aliphatic carbocycles. The van der Waals surface area contributed by atoms with E-state index in [9.17, 15) is 0 Å². The van der Waals surface area contributed by atoms with Crippen molar-refractivity contribution in [3.63, 3.8) is 0 Å². The first kappa shape index (κ1) is 9.38. The molecule has 16 heavy (non-hydrogen) atoms. The van der Waals surface area contributed by atoms with Crippen LogP contribution < -0.4 is 5.73 Å². The number of nitrogens with two attached hydrogens (primary N) is 1. The third kappa shape index (κ3) is 1.66. The minimum atomic E-state index is 0.631. The molecule has 1 aliphatic rings. The second-order valence-electron chi connectivity index (χ2n) is 4.35. The van der Waals surface area contributed by atoms with Crippen molar-refractivity contribution in [2.24, 2.45) is 13.0 Å². The lowest BCUT2D eigenvalue weighted by Gasteiger charge is -1.93. The van der Waals surface area contributed by atoms with E-state index in [0.29, 0.717) is 5.82 Å². The lowest BCUT2D eigenvalue weighted by molar-refractivity contribution is 0.544. The SMILES string of the molecule is Cn1nc(-c2cn(CC3CC3)nn2)cc1N. The summed E-state index contributed by atoms with van der Waals surface area (Å²) >= 11 is 0. The fourth-order valence-corrected chi connectivity index (χ4v) is 1.68. The van der Waals surface area contributed by atoms with Crippen LogP contribution in [-0.4, -0.2) is 24.8 Å². The monoisotopic (exact) mass is 218 g/mol. The Hall–Kier alpha value is -1.85. The van der Waals surface area contributed by atoms with Gasteiger partial charge in [-0.3, -0.25) is 9.36 Å². The van der Waals surface area contributed by atoms with Crippen LogP contribution >= 0.6 is 0 Å². The van der Waals surface area contributed by atoms with Gasteiger partial charge in [-0.15, -0.1) is 5.10 Å². The van der Waals surface area contributed by atoms with Crippen LogP contribution in [0.1, 0.15) is 12.8 Å². The summed E-state index contributed by atoms with van der Waals surface area (Å²) in [7, 11) is 1.81. The molecule has 0 atom stereocenters. The molecule has 2 aromatic heterocycles. The first-order valence-corrected chi connectivity index (χ1v) is 5.42. The van der Waals surface area contributed by atoms with Crippen LogP contribution in [0.2, 0.25) is 0 Å². The van der Waals surface area contributed by atoms with E-state index in [2.05, 4.69) is 15.4 Å². The molecule has 0 radical (unpaired) electrons. The number of hydrogen-bond acceptors (Lipinski definition) is 4. The summed E-state index contributed by atoms with van der Waals surface area (Å²) in [5, 5.41) is 12.5. The maximum Gasteiger partial charge on any atom is 0.133 e. The van der Waals surface area contributed by atoms with E-state index in [-0.39, 0.29) is 0 Å². The Morgan fingerprint density at radius 3 is 2.88 bits per heavy atom. The summed E-state index contributed by atoms with van der Waals surface area (Å²) < 4.78 is 3.52. The maximum atomic E-state index is 5.72. The summed E-state index contributed by atoms with van der Waals surface area (Å²) in [6, 6.07) is 1.81. The van der Waals surface area contributed by atoms with Crippen molar-refractivity contribution in [2.45, 2.75) is 19.4 Å². The number of rotatable bonds is 3. The zero-order valence-electron chi connectivity index (χ0n) is 9.17. The van der Waals surface area contributed by atoms with Crippen molar-refractivity contribution in [3.05, 3.63) is 12.3 Å². The fraction of sp³-hybridized carbons (Fsp3) is 0.500. The number of nitrogens with zero attached hydrogens (tertiary/aromatic N) is 5. The Bertz CT molecular complexity index is 488. The highest BCUT2D eigenvalue weighted by atomic mass is 15.4. The predicted octanol–water partition coefficient (Wildman–Crippen LogP) is 0.671. The van der Waals surface area contributed by atoms with Crippen LogP contribution in [0.25, 0.3) is 11.4 Å². The van der Waals surface area contributed by atoms with E-state index in [1.54, 1.807) is 4.68 Å². The minimum Gasteiger partial charge on any atom is -0.384 e. The van der Waals surface area contributed by atoms with E-state index in [1.807, 2.05) is 24.0 Å². The van der Waals surface area contributed by atoms with Crippen LogP contribution in [0.5, 0.6) is 0 Å². The second-order valence-corrected chi connectivity index (χ2v) is 4.35. The molecule has 0 aromatic carbocycles. The number of aryl methyl sites for hydroxylation is 1. The van der Waals surface area contributed by atoms with Gasteiger partial charge in [-0.25, -0.2) is 0 Å². The summed E-state index contributed by atoms with van der Waals surface area (Å²) in [5.41, 5.74) is 7.29. The van der Waals surface area contributed by atoms with Crippen molar-refractivity contribution in [1.29, 1.82) is 0 Å². The molecule has 0 spiro atoms. The Kier molecular flexibility index (Phi) is 1.95. The molecule has 1 fully saturated rings. The summed E-state index contributed by atoms with van der Waals surface area (Å²) in [4.78, 5) is 0.